The highest BCUT2D eigenvalue weighted by molar-refractivity contribution is 5.87. The van der Waals surface area contributed by atoms with Gasteiger partial charge in [0.15, 0.2) is 11.5 Å². The molecule has 0 radical (unpaired) electrons. The van der Waals surface area contributed by atoms with Gasteiger partial charge in [-0.2, -0.15) is 0 Å². The van der Waals surface area contributed by atoms with Crippen molar-refractivity contribution in [2.45, 2.75) is 12.8 Å². The van der Waals surface area contributed by atoms with Crippen molar-refractivity contribution in [1.82, 2.24) is 9.88 Å². The number of piperidine rings is 1. The van der Waals surface area contributed by atoms with Crippen LogP contribution in [-0.2, 0) is 0 Å². The second-order valence-electron chi connectivity index (χ2n) is 5.61. The Kier molecular flexibility index (Phi) is 4.44. The topological polar surface area (TPSA) is 82.7 Å². The fourth-order valence-electron chi connectivity index (χ4n) is 2.68. The summed E-state index contributed by atoms with van der Waals surface area (Å²) in [6, 6.07) is 3.07. The lowest BCUT2D eigenvalue weighted by atomic mass is 9.96. The van der Waals surface area contributed by atoms with E-state index in [9.17, 15) is 4.79 Å². The summed E-state index contributed by atoms with van der Waals surface area (Å²) < 4.78 is 0. The number of aromatic carboxylic acids is 1. The first kappa shape index (κ1) is 14.6. The molecule has 110 valence electrons. The predicted molar refractivity (Wildman–Crippen MR) is 79.1 cm³/mol. The van der Waals surface area contributed by atoms with Gasteiger partial charge >= 0.3 is 5.97 Å². The fraction of sp³-hybridized carbons (Fsp3) is 0.571. The van der Waals surface area contributed by atoms with Gasteiger partial charge in [-0.25, -0.2) is 9.78 Å². The first-order chi connectivity index (χ1) is 9.47. The molecule has 0 saturated carbocycles. The molecular weight excluding hydrogens is 256 g/mol. The van der Waals surface area contributed by atoms with E-state index < -0.39 is 5.97 Å². The Morgan fingerprint density at radius 2 is 2.10 bits per heavy atom. The summed E-state index contributed by atoms with van der Waals surface area (Å²) in [5.74, 6) is 0.270. The highest BCUT2D eigenvalue weighted by atomic mass is 16.4. The molecule has 1 aliphatic rings. The van der Waals surface area contributed by atoms with Crippen LogP contribution in [0.1, 0.15) is 23.3 Å². The zero-order valence-electron chi connectivity index (χ0n) is 12.0. The molecule has 0 unspecified atom stereocenters. The zero-order valence-corrected chi connectivity index (χ0v) is 12.0. The van der Waals surface area contributed by atoms with Crippen LogP contribution >= 0.6 is 0 Å². The summed E-state index contributed by atoms with van der Waals surface area (Å²) in [6.45, 7) is 2.84. The van der Waals surface area contributed by atoms with Crippen LogP contribution in [0.15, 0.2) is 12.1 Å². The monoisotopic (exact) mass is 278 g/mol. The van der Waals surface area contributed by atoms with Crippen LogP contribution in [0, 0.1) is 5.92 Å². The number of anilines is 2. The minimum Gasteiger partial charge on any atom is -0.477 e. The number of aromatic nitrogens is 1. The summed E-state index contributed by atoms with van der Waals surface area (Å²) in [5.41, 5.74) is 6.52. The van der Waals surface area contributed by atoms with Crippen molar-refractivity contribution >= 4 is 17.5 Å². The van der Waals surface area contributed by atoms with Gasteiger partial charge in [0.1, 0.15) is 0 Å². The van der Waals surface area contributed by atoms with Crippen LogP contribution < -0.4 is 10.6 Å². The minimum absolute atomic E-state index is 0.0459. The number of hydrogen-bond acceptors (Lipinski definition) is 5. The number of rotatable bonds is 4. The first-order valence-electron chi connectivity index (χ1n) is 6.87. The maximum Gasteiger partial charge on any atom is 0.354 e. The third kappa shape index (κ3) is 3.39. The Morgan fingerprint density at radius 1 is 1.45 bits per heavy atom. The molecule has 6 heteroatoms. The van der Waals surface area contributed by atoms with Gasteiger partial charge < -0.3 is 20.6 Å². The van der Waals surface area contributed by atoms with Gasteiger partial charge in [0.2, 0.25) is 0 Å². The highest BCUT2D eigenvalue weighted by Gasteiger charge is 2.22. The van der Waals surface area contributed by atoms with E-state index in [1.807, 2.05) is 0 Å². The molecule has 0 aromatic carbocycles. The summed E-state index contributed by atoms with van der Waals surface area (Å²) >= 11 is 0. The smallest absolute Gasteiger partial charge is 0.354 e. The van der Waals surface area contributed by atoms with Crippen molar-refractivity contribution in [3.63, 3.8) is 0 Å². The van der Waals surface area contributed by atoms with E-state index in [-0.39, 0.29) is 5.69 Å². The van der Waals surface area contributed by atoms with Crippen molar-refractivity contribution in [2.75, 3.05) is 44.4 Å². The van der Waals surface area contributed by atoms with Crippen molar-refractivity contribution in [3.8, 4) is 0 Å². The number of carboxylic acids is 1. The number of hydrogen-bond donors (Lipinski definition) is 2. The number of nitrogens with zero attached hydrogens (tertiary/aromatic N) is 3. The fourth-order valence-corrected chi connectivity index (χ4v) is 2.68. The van der Waals surface area contributed by atoms with E-state index in [0.717, 1.165) is 32.5 Å². The summed E-state index contributed by atoms with van der Waals surface area (Å²) in [7, 11) is 4.17. The van der Waals surface area contributed by atoms with E-state index >= 15 is 0 Å². The molecule has 1 aliphatic heterocycles. The molecule has 1 fully saturated rings. The molecule has 1 aromatic heterocycles. The van der Waals surface area contributed by atoms with E-state index in [0.29, 0.717) is 17.4 Å². The highest BCUT2D eigenvalue weighted by Crippen LogP contribution is 2.26. The quantitative estimate of drug-likeness (QED) is 0.859. The average molecular weight is 278 g/mol. The lowest BCUT2D eigenvalue weighted by Gasteiger charge is -2.34. The molecular formula is C14H22N4O2. The molecule has 1 aromatic rings. The predicted octanol–water partition coefficient (Wildman–Crippen LogP) is 1.14. The standard InChI is InChI=1S/C14H22N4O2/c1-17(2)9-10-5-7-18(8-6-10)13-11(15)3-4-12(16-13)14(19)20/h3-4,10H,5-9,15H2,1-2H3,(H,19,20). The molecule has 0 bridgehead atoms. The Labute approximate surface area is 119 Å². The van der Waals surface area contributed by atoms with E-state index in [1.54, 1.807) is 6.07 Å². The Balaban J connectivity index is 2.06. The van der Waals surface area contributed by atoms with Gasteiger partial charge in [-0.05, 0) is 45.0 Å². The molecule has 20 heavy (non-hydrogen) atoms. The SMILES string of the molecule is CN(C)CC1CCN(c2nc(C(=O)O)ccc2N)CC1. The number of carbonyl (C=O) groups is 1. The van der Waals surface area contributed by atoms with Crippen molar-refractivity contribution in [3.05, 3.63) is 17.8 Å². The van der Waals surface area contributed by atoms with Gasteiger partial charge in [-0.15, -0.1) is 0 Å². The Bertz CT molecular complexity index is 482. The third-order valence-electron chi connectivity index (χ3n) is 3.66. The van der Waals surface area contributed by atoms with Gasteiger partial charge in [0.25, 0.3) is 0 Å². The van der Waals surface area contributed by atoms with Crippen LogP contribution in [0.5, 0.6) is 0 Å². The van der Waals surface area contributed by atoms with Gasteiger partial charge in [-0.1, -0.05) is 0 Å². The maximum atomic E-state index is 11.0. The largest absolute Gasteiger partial charge is 0.477 e. The number of nitrogens with two attached hydrogens (primary N) is 1. The summed E-state index contributed by atoms with van der Waals surface area (Å²) in [5, 5.41) is 9.01. The number of nitrogen functional groups attached to an aromatic ring is 1. The number of pyridine rings is 1. The van der Waals surface area contributed by atoms with E-state index in [4.69, 9.17) is 10.8 Å². The average Bonchev–Trinajstić information content (AvgIpc) is 2.39. The van der Waals surface area contributed by atoms with Crippen molar-refractivity contribution in [2.24, 2.45) is 5.92 Å². The summed E-state index contributed by atoms with van der Waals surface area (Å²) in [4.78, 5) is 19.5. The third-order valence-corrected chi connectivity index (χ3v) is 3.66. The zero-order chi connectivity index (χ0) is 14.7. The van der Waals surface area contributed by atoms with Gasteiger partial charge in [0.05, 0.1) is 5.69 Å². The number of carboxylic acid groups (broad SMARTS) is 1. The maximum absolute atomic E-state index is 11.0. The first-order valence-corrected chi connectivity index (χ1v) is 6.87. The van der Waals surface area contributed by atoms with Crippen LogP contribution in [0.3, 0.4) is 0 Å². The molecule has 0 amide bonds. The van der Waals surface area contributed by atoms with E-state index in [1.165, 1.54) is 6.07 Å². The van der Waals surface area contributed by atoms with Crippen LogP contribution in [0.4, 0.5) is 11.5 Å². The lowest BCUT2D eigenvalue weighted by molar-refractivity contribution is 0.0690. The minimum atomic E-state index is -1.02. The molecule has 1 saturated heterocycles. The van der Waals surface area contributed by atoms with Crippen molar-refractivity contribution in [1.29, 1.82) is 0 Å². The molecule has 0 atom stereocenters. The van der Waals surface area contributed by atoms with E-state index in [2.05, 4.69) is 28.9 Å². The molecule has 2 rings (SSSR count). The molecule has 6 nitrogen and oxygen atoms in total. The second-order valence-corrected chi connectivity index (χ2v) is 5.61. The van der Waals surface area contributed by atoms with Crippen molar-refractivity contribution < 1.29 is 9.90 Å². The van der Waals surface area contributed by atoms with Gasteiger partial charge in [0, 0.05) is 19.6 Å². The molecule has 0 spiro atoms. The van der Waals surface area contributed by atoms with Gasteiger partial charge in [-0.3, -0.25) is 0 Å². The second kappa shape index (κ2) is 6.09. The Morgan fingerprint density at radius 3 is 2.65 bits per heavy atom. The lowest BCUT2D eigenvalue weighted by Crippen LogP contribution is -2.38. The van der Waals surface area contributed by atoms with Crippen LogP contribution in [0.25, 0.3) is 0 Å². The Hall–Kier alpha value is -1.82. The molecule has 3 N–H and O–H groups in total. The normalized spacial score (nSPS) is 16.6. The summed E-state index contributed by atoms with van der Waals surface area (Å²) in [6.07, 6.45) is 2.16. The van der Waals surface area contributed by atoms with Crippen LogP contribution in [0.2, 0.25) is 0 Å². The van der Waals surface area contributed by atoms with Crippen LogP contribution in [-0.4, -0.2) is 54.7 Å². The molecule has 2 heterocycles. The molecule has 0 aliphatic carbocycles.